The van der Waals surface area contributed by atoms with Gasteiger partial charge in [0.15, 0.2) is 0 Å². The largest absolute Gasteiger partial charge is 0.416 e. The molecule has 1 aromatic heterocycles. The highest BCUT2D eigenvalue weighted by atomic mass is 35.5. The fraction of sp³-hybridized carbons (Fsp3) is 0.308. The van der Waals surface area contributed by atoms with Crippen LogP contribution in [0.5, 0.6) is 0 Å². The highest BCUT2D eigenvalue weighted by Crippen LogP contribution is 2.38. The summed E-state index contributed by atoms with van der Waals surface area (Å²) in [7, 11) is 0. The van der Waals surface area contributed by atoms with E-state index in [4.69, 9.17) is 28.5 Å². The number of hydrogen-bond donors (Lipinski definition) is 0. The van der Waals surface area contributed by atoms with E-state index in [1.807, 2.05) is 0 Å². The lowest BCUT2D eigenvalue weighted by Crippen LogP contribution is -2.24. The van der Waals surface area contributed by atoms with Crippen LogP contribution in [-0.2, 0) is 6.18 Å². The first-order valence-electron chi connectivity index (χ1n) is 6.42. The number of halogens is 5. The lowest BCUT2D eigenvalue weighted by Gasteiger charge is -2.11. The summed E-state index contributed by atoms with van der Waals surface area (Å²) in [6, 6.07) is 2.99. The topological polar surface area (TPSA) is 63.6 Å². The van der Waals surface area contributed by atoms with Gasteiger partial charge in [0.2, 0.25) is 5.82 Å². The predicted octanol–water partition coefficient (Wildman–Crippen LogP) is 3.57. The molecule has 23 heavy (non-hydrogen) atoms. The average molecular weight is 363 g/mol. The van der Waals surface area contributed by atoms with Crippen molar-refractivity contribution in [3.05, 3.63) is 44.1 Å². The van der Waals surface area contributed by atoms with E-state index in [0.29, 0.717) is 12.1 Å². The highest BCUT2D eigenvalue weighted by molar-refractivity contribution is 6.37. The highest BCUT2D eigenvalue weighted by Gasteiger charge is 2.34. The number of alkyl halides is 3. The smallest absolute Gasteiger partial charge is 0.263 e. The molecule has 10 heteroatoms. The zero-order chi connectivity index (χ0) is 16.9. The van der Waals surface area contributed by atoms with Gasteiger partial charge in [-0.25, -0.2) is 4.79 Å². The van der Waals surface area contributed by atoms with Crippen molar-refractivity contribution in [2.75, 3.05) is 0 Å². The average Bonchev–Trinajstić information content (AvgIpc) is 3.22. The number of hydrogen-bond acceptors (Lipinski definition) is 3. The SMILES string of the molecule is N#Cc1nn(-c2c(Cl)cc(C(F)(F)F)cc2Cl)c(=O)n1C1CC1. The van der Waals surface area contributed by atoms with Crippen LogP contribution < -0.4 is 5.69 Å². The van der Waals surface area contributed by atoms with E-state index >= 15 is 0 Å². The summed E-state index contributed by atoms with van der Waals surface area (Å²) in [4.78, 5) is 12.4. The maximum atomic E-state index is 12.7. The quantitative estimate of drug-likeness (QED) is 0.820. The molecule has 1 fully saturated rings. The van der Waals surface area contributed by atoms with E-state index in [-0.39, 0.29) is 27.6 Å². The van der Waals surface area contributed by atoms with Gasteiger partial charge in [0.1, 0.15) is 11.8 Å². The Labute approximate surface area is 137 Å². The maximum Gasteiger partial charge on any atom is 0.416 e. The van der Waals surface area contributed by atoms with Crippen LogP contribution in [-0.4, -0.2) is 14.3 Å². The Hall–Kier alpha value is -1.98. The molecule has 1 aliphatic carbocycles. The molecule has 1 heterocycles. The third kappa shape index (κ3) is 2.71. The van der Waals surface area contributed by atoms with Crippen LogP contribution in [0.3, 0.4) is 0 Å². The van der Waals surface area contributed by atoms with E-state index in [1.54, 1.807) is 6.07 Å². The molecule has 5 nitrogen and oxygen atoms in total. The Kier molecular flexibility index (Phi) is 3.65. The second-order valence-electron chi connectivity index (χ2n) is 5.02. The lowest BCUT2D eigenvalue weighted by molar-refractivity contribution is -0.137. The standard InChI is InChI=1S/C13H7Cl2F3N4O/c14-8-3-6(13(16,17)18)4-9(15)11(8)22-12(23)21(7-1-2-7)10(5-19)20-22/h3-4,7H,1-2H2. The minimum atomic E-state index is -4.62. The molecule has 1 saturated carbocycles. The second kappa shape index (κ2) is 5.28. The minimum absolute atomic E-state index is 0.127. The summed E-state index contributed by atoms with van der Waals surface area (Å²) >= 11 is 11.7. The van der Waals surface area contributed by atoms with Gasteiger partial charge in [-0.3, -0.25) is 4.57 Å². The summed E-state index contributed by atoms with van der Waals surface area (Å²) in [6.45, 7) is 0. The Balaban J connectivity index is 2.21. The molecule has 0 atom stereocenters. The zero-order valence-corrected chi connectivity index (χ0v) is 12.7. The van der Waals surface area contributed by atoms with E-state index in [9.17, 15) is 18.0 Å². The van der Waals surface area contributed by atoms with Crippen LogP contribution in [0.4, 0.5) is 13.2 Å². The Morgan fingerprint density at radius 3 is 2.26 bits per heavy atom. The van der Waals surface area contributed by atoms with Crippen molar-refractivity contribution in [1.82, 2.24) is 14.3 Å². The fourth-order valence-corrected chi connectivity index (χ4v) is 2.84. The molecule has 0 aliphatic heterocycles. The molecular formula is C13H7Cl2F3N4O. The first-order valence-corrected chi connectivity index (χ1v) is 7.18. The second-order valence-corrected chi connectivity index (χ2v) is 5.83. The van der Waals surface area contributed by atoms with Crippen molar-refractivity contribution < 1.29 is 13.2 Å². The van der Waals surface area contributed by atoms with E-state index in [0.717, 1.165) is 17.5 Å². The van der Waals surface area contributed by atoms with Crippen molar-refractivity contribution in [2.24, 2.45) is 0 Å². The Morgan fingerprint density at radius 2 is 1.83 bits per heavy atom. The number of aromatic nitrogens is 3. The van der Waals surface area contributed by atoms with Gasteiger partial charge in [0.05, 0.1) is 15.6 Å². The summed E-state index contributed by atoms with van der Waals surface area (Å²) in [5.41, 5.74) is -1.87. The molecule has 2 aromatic rings. The number of nitriles is 1. The van der Waals surface area contributed by atoms with Gasteiger partial charge in [-0.15, -0.1) is 5.10 Å². The van der Waals surface area contributed by atoms with Gasteiger partial charge < -0.3 is 0 Å². The lowest BCUT2D eigenvalue weighted by atomic mass is 10.2. The van der Waals surface area contributed by atoms with Crippen molar-refractivity contribution in [3.8, 4) is 11.8 Å². The molecule has 1 aliphatic rings. The summed E-state index contributed by atoms with van der Waals surface area (Å²) in [5, 5.41) is 12.1. The number of nitrogens with zero attached hydrogens (tertiary/aromatic N) is 4. The van der Waals surface area contributed by atoms with Gasteiger partial charge in [-0.1, -0.05) is 23.2 Å². The van der Waals surface area contributed by atoms with Crippen molar-refractivity contribution in [2.45, 2.75) is 25.1 Å². The van der Waals surface area contributed by atoms with Gasteiger partial charge in [-0.05, 0) is 25.0 Å². The van der Waals surface area contributed by atoms with Crippen LogP contribution >= 0.6 is 23.2 Å². The van der Waals surface area contributed by atoms with Gasteiger partial charge >= 0.3 is 11.9 Å². The van der Waals surface area contributed by atoms with Gasteiger partial charge in [-0.2, -0.15) is 23.1 Å². The van der Waals surface area contributed by atoms with Crippen LogP contribution in [0.15, 0.2) is 16.9 Å². The van der Waals surface area contributed by atoms with E-state index in [1.165, 1.54) is 4.57 Å². The number of rotatable bonds is 2. The fourth-order valence-electron chi connectivity index (χ4n) is 2.19. The van der Waals surface area contributed by atoms with E-state index < -0.39 is 17.4 Å². The molecule has 0 N–H and O–H groups in total. The first kappa shape index (κ1) is 15.9. The van der Waals surface area contributed by atoms with Crippen molar-refractivity contribution in [1.29, 1.82) is 5.26 Å². The van der Waals surface area contributed by atoms with Gasteiger partial charge in [0, 0.05) is 6.04 Å². The molecule has 0 saturated heterocycles. The van der Waals surface area contributed by atoms with Crippen LogP contribution in [0.2, 0.25) is 10.0 Å². The summed E-state index contributed by atoms with van der Waals surface area (Å²) in [6.07, 6.45) is -3.16. The molecule has 0 amide bonds. The molecular weight excluding hydrogens is 356 g/mol. The van der Waals surface area contributed by atoms with Crippen LogP contribution in [0.25, 0.3) is 5.69 Å². The molecule has 3 rings (SSSR count). The summed E-state index contributed by atoms with van der Waals surface area (Å²) in [5.74, 6) is -0.135. The monoisotopic (exact) mass is 362 g/mol. The number of benzene rings is 1. The summed E-state index contributed by atoms with van der Waals surface area (Å²) < 4.78 is 40.2. The molecule has 0 bridgehead atoms. The molecule has 0 spiro atoms. The molecule has 0 unspecified atom stereocenters. The molecule has 120 valence electrons. The molecule has 1 aromatic carbocycles. The maximum absolute atomic E-state index is 12.7. The Bertz CT molecular complexity index is 867. The van der Waals surface area contributed by atoms with Gasteiger partial charge in [0.25, 0.3) is 0 Å². The minimum Gasteiger partial charge on any atom is -0.263 e. The van der Waals surface area contributed by atoms with E-state index in [2.05, 4.69) is 5.10 Å². The predicted molar refractivity (Wildman–Crippen MR) is 75.8 cm³/mol. The van der Waals surface area contributed by atoms with Crippen molar-refractivity contribution in [3.63, 3.8) is 0 Å². The van der Waals surface area contributed by atoms with Crippen LogP contribution in [0, 0.1) is 11.3 Å². The van der Waals surface area contributed by atoms with Crippen molar-refractivity contribution >= 4 is 23.2 Å². The first-order chi connectivity index (χ1) is 10.7. The normalized spacial score (nSPS) is 14.8. The molecule has 0 radical (unpaired) electrons. The van der Waals surface area contributed by atoms with Crippen LogP contribution in [0.1, 0.15) is 30.3 Å². The Morgan fingerprint density at radius 1 is 1.26 bits per heavy atom. The zero-order valence-electron chi connectivity index (χ0n) is 11.2. The third-order valence-corrected chi connectivity index (χ3v) is 3.95. The third-order valence-electron chi connectivity index (χ3n) is 3.38.